The van der Waals surface area contributed by atoms with Gasteiger partial charge in [-0.2, -0.15) is 0 Å². The first-order valence-corrected chi connectivity index (χ1v) is 15.2. The van der Waals surface area contributed by atoms with Crippen molar-refractivity contribution < 1.29 is 31.8 Å². The topological polar surface area (TPSA) is 97.4 Å². The Kier molecular flexibility index (Phi) is 10.1. The van der Waals surface area contributed by atoms with E-state index in [0.29, 0.717) is 30.9 Å². The number of carbonyl (C=O) groups excluding carboxylic acids is 1. The van der Waals surface area contributed by atoms with Crippen LogP contribution in [0.15, 0.2) is 71.6 Å². The van der Waals surface area contributed by atoms with Gasteiger partial charge in [0, 0.05) is 57.5 Å². The number of fused-ring (bicyclic) bond motifs is 1. The maximum atomic E-state index is 14.6. The Hall–Kier alpha value is -3.67. The van der Waals surface area contributed by atoms with Crippen LogP contribution in [-0.4, -0.2) is 77.2 Å². The summed E-state index contributed by atoms with van der Waals surface area (Å²) in [7, 11) is 0.817. The molecule has 1 N–H and O–H groups in total. The molecule has 226 valence electrons. The number of rotatable bonds is 7. The number of halogens is 1. The van der Waals surface area contributed by atoms with Gasteiger partial charge in [0.05, 0.1) is 29.4 Å². The molecule has 0 aliphatic carbocycles. The van der Waals surface area contributed by atoms with Crippen LogP contribution in [0.3, 0.4) is 0 Å². The third-order valence-electron chi connectivity index (χ3n) is 7.51. The number of likely N-dealkylation sites (N-methyl/N-ethyl adjacent to an activating group) is 1. The van der Waals surface area contributed by atoms with Gasteiger partial charge in [0.2, 0.25) is 0 Å². The number of nitrogens with zero attached hydrogens (tertiary/aromatic N) is 2. The number of carbonyl (C=O) groups is 1. The molecular weight excluding hydrogens is 561 g/mol. The SMILES string of the molecule is COc1cccc(S(=O)(=O)Nc2ccc3c(c2)OC[C@H](C)N(Cc2ccccc2F)C[C@H](C)[C@@H](OC)CN(C)C3=O)c1. The van der Waals surface area contributed by atoms with E-state index in [4.69, 9.17) is 14.2 Å². The monoisotopic (exact) mass is 599 g/mol. The zero-order valence-corrected chi connectivity index (χ0v) is 25.4. The van der Waals surface area contributed by atoms with Crippen molar-refractivity contribution in [3.8, 4) is 11.5 Å². The molecule has 0 radical (unpaired) electrons. The minimum absolute atomic E-state index is 0.0202. The molecule has 1 amide bonds. The van der Waals surface area contributed by atoms with E-state index < -0.39 is 10.0 Å². The van der Waals surface area contributed by atoms with E-state index in [2.05, 4.69) is 16.5 Å². The van der Waals surface area contributed by atoms with Gasteiger partial charge in [-0.3, -0.25) is 14.4 Å². The molecule has 0 saturated carbocycles. The number of hydrogen-bond acceptors (Lipinski definition) is 7. The van der Waals surface area contributed by atoms with E-state index in [9.17, 15) is 17.6 Å². The second-order valence-electron chi connectivity index (χ2n) is 10.6. The van der Waals surface area contributed by atoms with Gasteiger partial charge >= 0.3 is 0 Å². The smallest absolute Gasteiger partial charge is 0.262 e. The van der Waals surface area contributed by atoms with Gasteiger partial charge in [-0.25, -0.2) is 12.8 Å². The van der Waals surface area contributed by atoms with Gasteiger partial charge in [0.15, 0.2) is 0 Å². The molecule has 0 spiro atoms. The minimum atomic E-state index is -3.95. The predicted molar refractivity (Wildman–Crippen MR) is 159 cm³/mol. The molecule has 3 aromatic carbocycles. The van der Waals surface area contributed by atoms with Crippen molar-refractivity contribution in [2.24, 2.45) is 5.92 Å². The summed E-state index contributed by atoms with van der Waals surface area (Å²) in [5.74, 6) is 0.101. The molecular formula is C31H38FN3O6S. The molecule has 1 heterocycles. The van der Waals surface area contributed by atoms with E-state index in [1.165, 1.54) is 37.4 Å². The van der Waals surface area contributed by atoms with E-state index in [1.54, 1.807) is 49.4 Å². The van der Waals surface area contributed by atoms with Crippen molar-refractivity contribution in [3.05, 3.63) is 83.7 Å². The van der Waals surface area contributed by atoms with Gasteiger partial charge in [-0.15, -0.1) is 0 Å². The van der Waals surface area contributed by atoms with E-state index in [-0.39, 0.29) is 58.3 Å². The number of hydrogen-bond donors (Lipinski definition) is 1. The van der Waals surface area contributed by atoms with Gasteiger partial charge < -0.3 is 19.1 Å². The van der Waals surface area contributed by atoms with Crippen LogP contribution in [0, 0.1) is 11.7 Å². The normalized spacial score (nSPS) is 20.6. The quantitative estimate of drug-likeness (QED) is 0.423. The van der Waals surface area contributed by atoms with Crippen LogP contribution in [0.1, 0.15) is 29.8 Å². The highest BCUT2D eigenvalue weighted by atomic mass is 32.2. The Morgan fingerprint density at radius 2 is 1.79 bits per heavy atom. The fraction of sp³-hybridized carbons (Fsp3) is 0.387. The summed E-state index contributed by atoms with van der Waals surface area (Å²) in [5, 5.41) is 0. The molecule has 9 nitrogen and oxygen atoms in total. The highest BCUT2D eigenvalue weighted by molar-refractivity contribution is 7.92. The summed E-state index contributed by atoms with van der Waals surface area (Å²) in [6.45, 7) is 5.46. The van der Waals surface area contributed by atoms with Crippen LogP contribution in [0.5, 0.6) is 11.5 Å². The number of methoxy groups -OCH3 is 2. The van der Waals surface area contributed by atoms with E-state index >= 15 is 0 Å². The van der Waals surface area contributed by atoms with Crippen LogP contribution >= 0.6 is 0 Å². The summed E-state index contributed by atoms with van der Waals surface area (Å²) in [5.41, 5.74) is 1.09. The number of ether oxygens (including phenoxy) is 3. The maximum absolute atomic E-state index is 14.6. The average Bonchev–Trinajstić information content (AvgIpc) is 2.98. The number of benzene rings is 3. The molecule has 3 atom stereocenters. The maximum Gasteiger partial charge on any atom is 0.262 e. The number of anilines is 1. The Bertz CT molecular complexity index is 1500. The summed E-state index contributed by atoms with van der Waals surface area (Å²) < 4.78 is 60.6. The molecule has 1 aliphatic heterocycles. The lowest BCUT2D eigenvalue weighted by atomic mass is 10.0. The molecule has 0 bridgehead atoms. The van der Waals surface area contributed by atoms with Crippen molar-refractivity contribution >= 4 is 21.6 Å². The summed E-state index contributed by atoms with van der Waals surface area (Å²) >= 11 is 0. The van der Waals surface area contributed by atoms with Crippen LogP contribution in [0.25, 0.3) is 0 Å². The van der Waals surface area contributed by atoms with Crippen molar-refractivity contribution in [1.82, 2.24) is 9.80 Å². The molecule has 0 aromatic heterocycles. The van der Waals surface area contributed by atoms with Crippen LogP contribution in [-0.2, 0) is 21.3 Å². The molecule has 1 aliphatic rings. The zero-order valence-electron chi connectivity index (χ0n) is 24.5. The lowest BCUT2D eigenvalue weighted by Gasteiger charge is -2.36. The van der Waals surface area contributed by atoms with E-state index in [0.717, 1.165) is 0 Å². The Labute approximate surface area is 247 Å². The largest absolute Gasteiger partial charge is 0.497 e. The van der Waals surface area contributed by atoms with Crippen LogP contribution in [0.4, 0.5) is 10.1 Å². The number of sulfonamides is 1. The minimum Gasteiger partial charge on any atom is -0.497 e. The highest BCUT2D eigenvalue weighted by Crippen LogP contribution is 2.29. The predicted octanol–water partition coefficient (Wildman–Crippen LogP) is 4.64. The molecule has 0 unspecified atom stereocenters. The standard InChI is InChI=1S/C31H38FN3O6S/c1-21-17-35(18-23-9-6-7-12-28(23)32)22(2)20-41-29-15-24(13-14-27(29)31(36)34(3)19-30(21)40-5)33-42(37,38)26-11-8-10-25(16-26)39-4/h6-16,21-22,30,33H,17-20H2,1-5H3/t21-,22-,30-/m0/s1. The van der Waals surface area contributed by atoms with Crippen LogP contribution in [0.2, 0.25) is 0 Å². The van der Waals surface area contributed by atoms with Gasteiger partial charge in [0.25, 0.3) is 15.9 Å². The van der Waals surface area contributed by atoms with Crippen molar-refractivity contribution in [2.75, 3.05) is 45.7 Å². The van der Waals surface area contributed by atoms with Crippen molar-refractivity contribution in [1.29, 1.82) is 0 Å². The second-order valence-corrected chi connectivity index (χ2v) is 12.3. The molecule has 0 fully saturated rings. The third-order valence-corrected chi connectivity index (χ3v) is 8.89. The van der Waals surface area contributed by atoms with Gasteiger partial charge in [-0.1, -0.05) is 31.2 Å². The fourth-order valence-electron chi connectivity index (χ4n) is 4.96. The first kappa shape index (κ1) is 31.3. The molecule has 0 saturated heterocycles. The first-order valence-electron chi connectivity index (χ1n) is 13.7. The first-order chi connectivity index (χ1) is 20.0. The van der Waals surface area contributed by atoms with Crippen LogP contribution < -0.4 is 14.2 Å². The van der Waals surface area contributed by atoms with Gasteiger partial charge in [0.1, 0.15) is 23.9 Å². The molecule has 3 aromatic rings. The summed E-state index contributed by atoms with van der Waals surface area (Å²) in [6.07, 6.45) is -0.271. The Balaban J connectivity index is 1.67. The summed E-state index contributed by atoms with van der Waals surface area (Å²) in [6, 6.07) is 17.2. The molecule has 42 heavy (non-hydrogen) atoms. The van der Waals surface area contributed by atoms with Crippen molar-refractivity contribution in [3.63, 3.8) is 0 Å². The number of amides is 1. The van der Waals surface area contributed by atoms with Crippen molar-refractivity contribution in [2.45, 2.75) is 37.4 Å². The van der Waals surface area contributed by atoms with E-state index in [1.807, 2.05) is 13.0 Å². The Morgan fingerprint density at radius 1 is 1.02 bits per heavy atom. The highest BCUT2D eigenvalue weighted by Gasteiger charge is 2.29. The Morgan fingerprint density at radius 3 is 2.50 bits per heavy atom. The lowest BCUT2D eigenvalue weighted by molar-refractivity contribution is 0.00904. The fourth-order valence-corrected chi connectivity index (χ4v) is 6.04. The number of nitrogens with one attached hydrogen (secondary N) is 1. The average molecular weight is 600 g/mol. The van der Waals surface area contributed by atoms with Gasteiger partial charge in [-0.05, 0) is 43.2 Å². The third kappa shape index (κ3) is 7.39. The summed E-state index contributed by atoms with van der Waals surface area (Å²) in [4.78, 5) is 17.3. The molecule has 4 rings (SSSR count). The lowest BCUT2D eigenvalue weighted by Crippen LogP contribution is -2.46. The zero-order chi connectivity index (χ0) is 30.4. The molecule has 11 heteroatoms. The second kappa shape index (κ2) is 13.5.